The van der Waals surface area contributed by atoms with Gasteiger partial charge in [-0.05, 0) is 60.9 Å². The molecule has 0 saturated carbocycles. The molecule has 0 bridgehead atoms. The largest absolute Gasteiger partial charge is 0.264 e. The minimum absolute atomic E-state index is 0.0635. The molecular weight excluding hydrogens is 416 g/mol. The fraction of sp³-hybridized carbons (Fsp3) is 0.182. The van der Waals surface area contributed by atoms with Crippen LogP contribution in [0.15, 0.2) is 71.6 Å². The van der Waals surface area contributed by atoms with Crippen molar-refractivity contribution < 1.29 is 17.2 Å². The molecule has 3 nitrogen and oxygen atoms in total. The molecule has 0 aliphatic rings. The molecule has 0 spiro atoms. The van der Waals surface area contributed by atoms with E-state index in [4.69, 9.17) is 11.6 Å². The van der Waals surface area contributed by atoms with E-state index < -0.39 is 27.7 Å². The Bertz CT molecular complexity index is 1120. The Hall–Kier alpha value is -2.44. The van der Waals surface area contributed by atoms with Gasteiger partial charge < -0.3 is 0 Å². The number of rotatable bonds is 6. The second kappa shape index (κ2) is 8.51. The van der Waals surface area contributed by atoms with Crippen molar-refractivity contribution in [1.82, 2.24) is 0 Å². The van der Waals surface area contributed by atoms with Crippen LogP contribution in [0.25, 0.3) is 0 Å². The summed E-state index contributed by atoms with van der Waals surface area (Å²) in [5, 5.41) is 0.372. The minimum atomic E-state index is -4.21. The zero-order chi connectivity index (χ0) is 21.2. The maximum absolute atomic E-state index is 14.7. The summed E-state index contributed by atoms with van der Waals surface area (Å²) in [6.45, 7) is 3.61. The SMILES string of the molecule is CCc1ccccc1C(C)N(c1cc(F)ccc1F)S(=O)(=O)c1ccc(Cl)cc1. The predicted octanol–water partition coefficient (Wildman–Crippen LogP) is 6.14. The molecule has 0 aromatic heterocycles. The Morgan fingerprint density at radius 2 is 1.66 bits per heavy atom. The molecule has 0 amide bonds. The molecule has 152 valence electrons. The van der Waals surface area contributed by atoms with Gasteiger partial charge in [0.05, 0.1) is 16.6 Å². The number of halogens is 3. The highest BCUT2D eigenvalue weighted by atomic mass is 35.5. The van der Waals surface area contributed by atoms with Crippen LogP contribution < -0.4 is 4.31 Å². The van der Waals surface area contributed by atoms with Crippen molar-refractivity contribution in [2.45, 2.75) is 31.2 Å². The second-order valence-electron chi connectivity index (χ2n) is 6.58. The van der Waals surface area contributed by atoms with Crippen LogP contribution in [0.4, 0.5) is 14.5 Å². The van der Waals surface area contributed by atoms with E-state index in [0.717, 1.165) is 33.6 Å². The predicted molar refractivity (Wildman–Crippen MR) is 112 cm³/mol. The van der Waals surface area contributed by atoms with Gasteiger partial charge in [0.2, 0.25) is 0 Å². The fourth-order valence-corrected chi connectivity index (χ4v) is 5.07. The molecule has 3 rings (SSSR count). The highest BCUT2D eigenvalue weighted by Gasteiger charge is 2.33. The van der Waals surface area contributed by atoms with Gasteiger partial charge in [0, 0.05) is 11.1 Å². The summed E-state index contributed by atoms with van der Waals surface area (Å²) in [5.41, 5.74) is 1.29. The van der Waals surface area contributed by atoms with Gasteiger partial charge in [0.25, 0.3) is 10.0 Å². The van der Waals surface area contributed by atoms with Crippen LogP contribution in [0.3, 0.4) is 0 Å². The molecule has 1 atom stereocenters. The van der Waals surface area contributed by atoms with Crippen molar-refractivity contribution >= 4 is 27.3 Å². The smallest absolute Gasteiger partial charge is 0.256 e. The average Bonchev–Trinajstić information content (AvgIpc) is 2.70. The Morgan fingerprint density at radius 3 is 2.31 bits per heavy atom. The van der Waals surface area contributed by atoms with Crippen LogP contribution in [-0.2, 0) is 16.4 Å². The molecule has 0 radical (unpaired) electrons. The van der Waals surface area contributed by atoms with E-state index in [1.165, 1.54) is 24.3 Å². The van der Waals surface area contributed by atoms with Gasteiger partial charge in [-0.25, -0.2) is 17.2 Å². The summed E-state index contributed by atoms with van der Waals surface area (Å²) in [5.74, 6) is -1.56. The Balaban J connectivity index is 2.24. The maximum atomic E-state index is 14.7. The number of anilines is 1. The zero-order valence-corrected chi connectivity index (χ0v) is 17.5. The van der Waals surface area contributed by atoms with Gasteiger partial charge >= 0.3 is 0 Å². The quantitative estimate of drug-likeness (QED) is 0.466. The number of nitrogens with zero attached hydrogens (tertiary/aromatic N) is 1. The highest BCUT2D eigenvalue weighted by Crippen LogP contribution is 2.36. The highest BCUT2D eigenvalue weighted by molar-refractivity contribution is 7.92. The van der Waals surface area contributed by atoms with E-state index in [2.05, 4.69) is 0 Å². The molecule has 0 heterocycles. The Kier molecular flexibility index (Phi) is 6.24. The third-order valence-corrected chi connectivity index (χ3v) is 6.90. The topological polar surface area (TPSA) is 37.4 Å². The van der Waals surface area contributed by atoms with E-state index in [-0.39, 0.29) is 10.6 Å². The third kappa shape index (κ3) is 4.28. The fourth-order valence-electron chi connectivity index (χ4n) is 3.31. The first kappa shape index (κ1) is 21.3. The lowest BCUT2D eigenvalue weighted by molar-refractivity contribution is 0.570. The molecule has 0 saturated heterocycles. The van der Waals surface area contributed by atoms with E-state index in [1.54, 1.807) is 19.1 Å². The normalized spacial score (nSPS) is 12.6. The summed E-state index contributed by atoms with van der Waals surface area (Å²) in [6, 6.07) is 14.9. The van der Waals surface area contributed by atoms with Crippen molar-refractivity contribution in [3.05, 3.63) is 94.5 Å². The lowest BCUT2D eigenvalue weighted by atomic mass is 9.99. The summed E-state index contributed by atoms with van der Waals surface area (Å²) < 4.78 is 56.6. The van der Waals surface area contributed by atoms with Crippen LogP contribution in [-0.4, -0.2) is 8.42 Å². The number of aryl methyl sites for hydroxylation is 1. The monoisotopic (exact) mass is 435 g/mol. The molecule has 0 N–H and O–H groups in total. The van der Waals surface area contributed by atoms with Crippen molar-refractivity contribution in [3.8, 4) is 0 Å². The number of hydrogen-bond acceptors (Lipinski definition) is 2. The molecular formula is C22H20ClF2NO2S. The van der Waals surface area contributed by atoms with Crippen molar-refractivity contribution in [1.29, 1.82) is 0 Å². The van der Waals surface area contributed by atoms with Crippen LogP contribution in [0.5, 0.6) is 0 Å². The van der Waals surface area contributed by atoms with Crippen LogP contribution in [0, 0.1) is 11.6 Å². The molecule has 1 unspecified atom stereocenters. The Morgan fingerprint density at radius 1 is 1.00 bits per heavy atom. The summed E-state index contributed by atoms with van der Waals surface area (Å²) in [6.07, 6.45) is 0.668. The number of benzene rings is 3. The first-order chi connectivity index (χ1) is 13.8. The number of hydrogen-bond donors (Lipinski definition) is 0. The molecule has 0 aliphatic carbocycles. The van der Waals surface area contributed by atoms with Crippen molar-refractivity contribution in [3.63, 3.8) is 0 Å². The standard InChI is InChI=1S/C22H20ClF2NO2S/c1-3-16-6-4-5-7-20(16)15(2)26(22-14-18(24)10-13-21(22)25)29(27,28)19-11-8-17(23)9-12-19/h4-15H,3H2,1-2H3. The average molecular weight is 436 g/mol. The van der Waals surface area contributed by atoms with Gasteiger partial charge in [-0.15, -0.1) is 0 Å². The van der Waals surface area contributed by atoms with Gasteiger partial charge in [-0.2, -0.15) is 0 Å². The van der Waals surface area contributed by atoms with Gasteiger partial charge in [-0.3, -0.25) is 4.31 Å². The second-order valence-corrected chi connectivity index (χ2v) is 8.83. The van der Waals surface area contributed by atoms with E-state index >= 15 is 0 Å². The first-order valence-electron chi connectivity index (χ1n) is 9.08. The number of sulfonamides is 1. The Labute approximate surface area is 174 Å². The molecule has 29 heavy (non-hydrogen) atoms. The van der Waals surface area contributed by atoms with Crippen molar-refractivity contribution in [2.24, 2.45) is 0 Å². The van der Waals surface area contributed by atoms with Crippen LogP contribution in [0.2, 0.25) is 5.02 Å². The summed E-state index contributed by atoms with van der Waals surface area (Å²) in [7, 11) is -4.21. The summed E-state index contributed by atoms with van der Waals surface area (Å²) in [4.78, 5) is -0.0635. The first-order valence-corrected chi connectivity index (χ1v) is 10.9. The van der Waals surface area contributed by atoms with Gasteiger partial charge in [0.15, 0.2) is 0 Å². The van der Waals surface area contributed by atoms with E-state index in [1.807, 2.05) is 19.1 Å². The minimum Gasteiger partial charge on any atom is -0.256 e. The van der Waals surface area contributed by atoms with E-state index in [0.29, 0.717) is 11.4 Å². The lowest BCUT2D eigenvalue weighted by Gasteiger charge is -2.32. The zero-order valence-electron chi connectivity index (χ0n) is 15.9. The molecule has 3 aromatic rings. The van der Waals surface area contributed by atoms with E-state index in [9.17, 15) is 17.2 Å². The van der Waals surface area contributed by atoms with Gasteiger partial charge in [0.1, 0.15) is 11.6 Å². The van der Waals surface area contributed by atoms with Crippen LogP contribution in [0.1, 0.15) is 31.0 Å². The van der Waals surface area contributed by atoms with Gasteiger partial charge in [-0.1, -0.05) is 42.8 Å². The maximum Gasteiger partial charge on any atom is 0.264 e. The molecule has 0 fully saturated rings. The van der Waals surface area contributed by atoms with Crippen molar-refractivity contribution in [2.75, 3.05) is 4.31 Å². The lowest BCUT2D eigenvalue weighted by Crippen LogP contribution is -2.35. The molecule has 7 heteroatoms. The summed E-state index contributed by atoms with van der Waals surface area (Å²) >= 11 is 5.88. The third-order valence-electron chi connectivity index (χ3n) is 4.75. The molecule has 3 aromatic carbocycles. The molecule has 0 aliphatic heterocycles. The van der Waals surface area contributed by atoms with Crippen LogP contribution >= 0.6 is 11.6 Å².